The van der Waals surface area contributed by atoms with E-state index in [1.807, 2.05) is 18.2 Å². The third-order valence-electron chi connectivity index (χ3n) is 3.16. The fourth-order valence-electron chi connectivity index (χ4n) is 2.23. The first-order chi connectivity index (χ1) is 9.78. The van der Waals surface area contributed by atoms with Crippen molar-refractivity contribution in [3.8, 4) is 0 Å². The normalized spacial score (nSPS) is 10.8. The van der Waals surface area contributed by atoms with E-state index in [9.17, 15) is 4.79 Å². The molecule has 2 heterocycles. The van der Waals surface area contributed by atoms with Crippen molar-refractivity contribution in [2.45, 2.75) is 19.9 Å². The zero-order valence-corrected chi connectivity index (χ0v) is 12.0. The van der Waals surface area contributed by atoms with E-state index in [0.717, 1.165) is 24.0 Å². The highest BCUT2D eigenvalue weighted by molar-refractivity contribution is 7.07. The molecule has 3 rings (SSSR count). The van der Waals surface area contributed by atoms with Gasteiger partial charge in [-0.1, -0.05) is 6.92 Å². The lowest BCUT2D eigenvalue weighted by Gasteiger charge is -2.06. The standard InChI is InChI=1S/C15H15N3OS/c1-2-6-18-7-5-11-8-12(3-4-14(11)18)17-15(19)13-9-20-10-16-13/h3-5,7-10H,2,6H2,1H3,(H,17,19). The van der Waals surface area contributed by atoms with Crippen molar-refractivity contribution in [3.05, 3.63) is 47.0 Å². The van der Waals surface area contributed by atoms with Gasteiger partial charge in [0.05, 0.1) is 5.51 Å². The zero-order valence-electron chi connectivity index (χ0n) is 11.2. The van der Waals surface area contributed by atoms with Gasteiger partial charge in [0, 0.05) is 34.7 Å². The molecule has 0 bridgehead atoms. The maximum atomic E-state index is 11.9. The van der Waals surface area contributed by atoms with Crippen molar-refractivity contribution in [1.82, 2.24) is 9.55 Å². The summed E-state index contributed by atoms with van der Waals surface area (Å²) in [5.41, 5.74) is 4.10. The third-order valence-corrected chi connectivity index (χ3v) is 3.74. The topological polar surface area (TPSA) is 46.9 Å². The Kier molecular flexibility index (Phi) is 3.52. The molecule has 3 aromatic rings. The van der Waals surface area contributed by atoms with Crippen LogP contribution in [0.2, 0.25) is 0 Å². The summed E-state index contributed by atoms with van der Waals surface area (Å²) in [6.45, 7) is 3.17. The lowest BCUT2D eigenvalue weighted by molar-refractivity contribution is 0.102. The summed E-state index contributed by atoms with van der Waals surface area (Å²) in [7, 11) is 0. The highest BCUT2D eigenvalue weighted by atomic mass is 32.1. The van der Waals surface area contributed by atoms with E-state index in [2.05, 4.69) is 34.1 Å². The molecule has 0 aliphatic rings. The number of amides is 1. The number of aromatic nitrogens is 2. The molecular formula is C15H15N3OS. The van der Waals surface area contributed by atoms with E-state index in [-0.39, 0.29) is 5.91 Å². The van der Waals surface area contributed by atoms with E-state index in [1.54, 1.807) is 10.9 Å². The van der Waals surface area contributed by atoms with Crippen LogP contribution in [-0.4, -0.2) is 15.5 Å². The lowest BCUT2D eigenvalue weighted by atomic mass is 10.2. The molecule has 0 saturated heterocycles. The van der Waals surface area contributed by atoms with Gasteiger partial charge >= 0.3 is 0 Å². The molecule has 2 aromatic heterocycles. The Balaban J connectivity index is 1.84. The molecular weight excluding hydrogens is 270 g/mol. The first kappa shape index (κ1) is 12.9. The van der Waals surface area contributed by atoms with E-state index < -0.39 is 0 Å². The molecule has 0 fully saturated rings. The van der Waals surface area contributed by atoms with Crippen LogP contribution < -0.4 is 5.32 Å². The van der Waals surface area contributed by atoms with Crippen LogP contribution in [0.4, 0.5) is 5.69 Å². The van der Waals surface area contributed by atoms with Gasteiger partial charge in [-0.3, -0.25) is 4.79 Å². The third kappa shape index (κ3) is 2.44. The number of hydrogen-bond acceptors (Lipinski definition) is 3. The second kappa shape index (κ2) is 5.46. The van der Waals surface area contributed by atoms with Crippen LogP contribution in [0, 0.1) is 0 Å². The molecule has 0 spiro atoms. The second-order valence-electron chi connectivity index (χ2n) is 4.61. The minimum Gasteiger partial charge on any atom is -0.347 e. The molecule has 1 aromatic carbocycles. The van der Waals surface area contributed by atoms with Gasteiger partial charge in [-0.25, -0.2) is 4.98 Å². The lowest BCUT2D eigenvalue weighted by Crippen LogP contribution is -2.11. The zero-order chi connectivity index (χ0) is 13.9. The minimum atomic E-state index is -0.168. The molecule has 20 heavy (non-hydrogen) atoms. The first-order valence-corrected chi connectivity index (χ1v) is 7.50. The average Bonchev–Trinajstić information content (AvgIpc) is 3.09. The highest BCUT2D eigenvalue weighted by Crippen LogP contribution is 2.21. The van der Waals surface area contributed by atoms with Crippen LogP contribution in [0.3, 0.4) is 0 Å². The van der Waals surface area contributed by atoms with Crippen molar-refractivity contribution in [3.63, 3.8) is 0 Å². The summed E-state index contributed by atoms with van der Waals surface area (Å²) in [6, 6.07) is 8.04. The molecule has 1 amide bonds. The van der Waals surface area contributed by atoms with Crippen molar-refractivity contribution in [1.29, 1.82) is 0 Å². The molecule has 0 aliphatic heterocycles. The van der Waals surface area contributed by atoms with Crippen LogP contribution >= 0.6 is 11.3 Å². The Hall–Kier alpha value is -2.14. The van der Waals surface area contributed by atoms with E-state index in [4.69, 9.17) is 0 Å². The van der Waals surface area contributed by atoms with Crippen molar-refractivity contribution in [2.75, 3.05) is 5.32 Å². The number of benzene rings is 1. The largest absolute Gasteiger partial charge is 0.347 e. The number of thiazole rings is 1. The number of anilines is 1. The summed E-state index contributed by atoms with van der Waals surface area (Å²) in [4.78, 5) is 16.0. The summed E-state index contributed by atoms with van der Waals surface area (Å²) < 4.78 is 2.22. The summed E-state index contributed by atoms with van der Waals surface area (Å²) >= 11 is 1.41. The Bertz CT molecular complexity index is 731. The molecule has 0 radical (unpaired) electrons. The quantitative estimate of drug-likeness (QED) is 0.793. The number of rotatable bonds is 4. The van der Waals surface area contributed by atoms with E-state index >= 15 is 0 Å². The monoisotopic (exact) mass is 285 g/mol. The number of carbonyl (C=O) groups excluding carboxylic acids is 1. The molecule has 4 nitrogen and oxygen atoms in total. The van der Waals surface area contributed by atoms with Gasteiger partial charge in [0.2, 0.25) is 0 Å². The molecule has 0 unspecified atom stereocenters. The predicted molar refractivity (Wildman–Crippen MR) is 82.3 cm³/mol. The number of fused-ring (bicyclic) bond motifs is 1. The Morgan fingerprint density at radius 1 is 1.40 bits per heavy atom. The van der Waals surface area contributed by atoms with Crippen LogP contribution in [0.5, 0.6) is 0 Å². The van der Waals surface area contributed by atoms with Gasteiger partial charge in [-0.2, -0.15) is 0 Å². The average molecular weight is 285 g/mol. The Morgan fingerprint density at radius 3 is 3.05 bits per heavy atom. The van der Waals surface area contributed by atoms with Crippen molar-refractivity contribution in [2.24, 2.45) is 0 Å². The molecule has 0 atom stereocenters. The SMILES string of the molecule is CCCn1ccc2cc(NC(=O)c3cscn3)ccc21. The number of aryl methyl sites for hydroxylation is 1. The Morgan fingerprint density at radius 2 is 2.30 bits per heavy atom. The molecule has 1 N–H and O–H groups in total. The minimum absolute atomic E-state index is 0.168. The summed E-state index contributed by atoms with van der Waals surface area (Å²) in [5, 5.41) is 5.75. The molecule has 5 heteroatoms. The fraction of sp³-hybridized carbons (Fsp3) is 0.200. The Labute approximate surface area is 121 Å². The van der Waals surface area contributed by atoms with Gasteiger partial charge in [-0.15, -0.1) is 11.3 Å². The van der Waals surface area contributed by atoms with Gasteiger partial charge in [0.25, 0.3) is 5.91 Å². The van der Waals surface area contributed by atoms with Crippen LogP contribution in [0.15, 0.2) is 41.4 Å². The number of carbonyl (C=O) groups is 1. The highest BCUT2D eigenvalue weighted by Gasteiger charge is 2.08. The summed E-state index contributed by atoms with van der Waals surface area (Å²) in [6.07, 6.45) is 3.19. The van der Waals surface area contributed by atoms with Gasteiger partial charge in [0.1, 0.15) is 5.69 Å². The van der Waals surface area contributed by atoms with Crippen molar-refractivity contribution < 1.29 is 4.79 Å². The smallest absolute Gasteiger partial charge is 0.275 e. The van der Waals surface area contributed by atoms with E-state index in [0.29, 0.717) is 5.69 Å². The fourth-order valence-corrected chi connectivity index (χ4v) is 2.77. The number of hydrogen-bond donors (Lipinski definition) is 1. The first-order valence-electron chi connectivity index (χ1n) is 6.56. The van der Waals surface area contributed by atoms with Gasteiger partial charge < -0.3 is 9.88 Å². The van der Waals surface area contributed by atoms with Crippen LogP contribution in [0.1, 0.15) is 23.8 Å². The van der Waals surface area contributed by atoms with Crippen LogP contribution in [-0.2, 0) is 6.54 Å². The van der Waals surface area contributed by atoms with E-state index in [1.165, 1.54) is 16.9 Å². The maximum Gasteiger partial charge on any atom is 0.275 e. The molecule has 0 aliphatic carbocycles. The second-order valence-corrected chi connectivity index (χ2v) is 5.33. The maximum absolute atomic E-state index is 11.9. The van der Waals surface area contributed by atoms with Gasteiger partial charge in [-0.05, 0) is 30.7 Å². The number of nitrogens with one attached hydrogen (secondary N) is 1. The molecule has 0 saturated carbocycles. The summed E-state index contributed by atoms with van der Waals surface area (Å²) in [5.74, 6) is -0.168. The number of nitrogens with zero attached hydrogens (tertiary/aromatic N) is 2. The predicted octanol–water partition coefficient (Wildman–Crippen LogP) is 3.76. The van der Waals surface area contributed by atoms with Crippen molar-refractivity contribution >= 4 is 33.8 Å². The van der Waals surface area contributed by atoms with Gasteiger partial charge in [0.15, 0.2) is 0 Å². The van der Waals surface area contributed by atoms with Crippen LogP contribution in [0.25, 0.3) is 10.9 Å². The molecule has 102 valence electrons.